The minimum Gasteiger partial charge on any atom is -0.396 e. The molecule has 2 nitrogen and oxygen atoms in total. The maximum atomic E-state index is 12.1. The lowest BCUT2D eigenvalue weighted by Gasteiger charge is -2.30. The summed E-state index contributed by atoms with van der Waals surface area (Å²) in [6.07, 6.45) is -4.08. The maximum absolute atomic E-state index is 12.1. The molecular formula is C7H12F3NO. The van der Waals surface area contributed by atoms with E-state index in [0.29, 0.717) is 6.54 Å². The Morgan fingerprint density at radius 1 is 1.33 bits per heavy atom. The van der Waals surface area contributed by atoms with Gasteiger partial charge in [0.25, 0.3) is 0 Å². The zero-order chi connectivity index (χ0) is 9.19. The standard InChI is InChI=1S/C7H12F3NO/c8-7(9,10)6-1-5(4-12)2-11-3-6/h5-6,11-12H,1-4H2/t5-,6+/m0/s1. The predicted octanol–water partition coefficient (Wildman–Crippen LogP) is 0.767. The molecule has 1 heterocycles. The molecule has 1 aliphatic heterocycles. The molecule has 12 heavy (non-hydrogen) atoms. The van der Waals surface area contributed by atoms with E-state index in [9.17, 15) is 13.2 Å². The van der Waals surface area contributed by atoms with Crippen molar-refractivity contribution in [3.63, 3.8) is 0 Å². The van der Waals surface area contributed by atoms with Crippen LogP contribution in [-0.4, -0.2) is 31.0 Å². The van der Waals surface area contributed by atoms with Crippen molar-refractivity contribution in [3.05, 3.63) is 0 Å². The van der Waals surface area contributed by atoms with Gasteiger partial charge < -0.3 is 10.4 Å². The zero-order valence-electron chi connectivity index (χ0n) is 6.56. The molecule has 0 aromatic carbocycles. The number of aliphatic hydroxyl groups excluding tert-OH is 1. The third kappa shape index (κ3) is 2.35. The normalized spacial score (nSPS) is 32.0. The Labute approximate surface area is 68.8 Å². The molecule has 0 amide bonds. The molecule has 0 saturated carbocycles. The first kappa shape index (κ1) is 9.80. The topological polar surface area (TPSA) is 32.3 Å². The summed E-state index contributed by atoms with van der Waals surface area (Å²) in [5, 5.41) is 11.3. The smallest absolute Gasteiger partial charge is 0.393 e. The summed E-state index contributed by atoms with van der Waals surface area (Å²) in [5.41, 5.74) is 0. The fraction of sp³-hybridized carbons (Fsp3) is 1.00. The predicted molar refractivity (Wildman–Crippen MR) is 37.6 cm³/mol. The Kier molecular flexibility index (Phi) is 2.95. The van der Waals surface area contributed by atoms with Crippen LogP contribution in [0.5, 0.6) is 0 Å². The third-order valence-corrected chi connectivity index (χ3v) is 2.16. The second kappa shape index (κ2) is 3.62. The lowest BCUT2D eigenvalue weighted by molar-refractivity contribution is -0.182. The van der Waals surface area contributed by atoms with Crippen LogP contribution >= 0.6 is 0 Å². The van der Waals surface area contributed by atoms with E-state index in [4.69, 9.17) is 5.11 Å². The maximum Gasteiger partial charge on any atom is 0.393 e. The Hall–Kier alpha value is -0.290. The number of piperidine rings is 1. The van der Waals surface area contributed by atoms with Crippen LogP contribution in [0.25, 0.3) is 0 Å². The van der Waals surface area contributed by atoms with Crippen molar-refractivity contribution in [2.24, 2.45) is 11.8 Å². The molecule has 1 saturated heterocycles. The van der Waals surface area contributed by atoms with Gasteiger partial charge in [0.05, 0.1) is 5.92 Å². The second-order valence-electron chi connectivity index (χ2n) is 3.18. The monoisotopic (exact) mass is 183 g/mol. The number of hydrogen-bond donors (Lipinski definition) is 2. The van der Waals surface area contributed by atoms with Crippen LogP contribution in [0.4, 0.5) is 13.2 Å². The molecular weight excluding hydrogens is 171 g/mol. The van der Waals surface area contributed by atoms with E-state index >= 15 is 0 Å². The van der Waals surface area contributed by atoms with Crippen LogP contribution in [0.3, 0.4) is 0 Å². The van der Waals surface area contributed by atoms with E-state index in [1.165, 1.54) is 0 Å². The summed E-state index contributed by atoms with van der Waals surface area (Å²) in [6, 6.07) is 0. The van der Waals surface area contributed by atoms with Crippen LogP contribution in [0.1, 0.15) is 6.42 Å². The highest BCUT2D eigenvalue weighted by Crippen LogP contribution is 2.32. The number of hydrogen-bond acceptors (Lipinski definition) is 2. The minimum atomic E-state index is -4.12. The third-order valence-electron chi connectivity index (χ3n) is 2.16. The molecule has 0 aromatic rings. The van der Waals surface area contributed by atoms with E-state index in [1.807, 2.05) is 0 Å². The van der Waals surface area contributed by atoms with Crippen LogP contribution in [-0.2, 0) is 0 Å². The largest absolute Gasteiger partial charge is 0.396 e. The minimum absolute atomic E-state index is 0.0139. The molecule has 0 aromatic heterocycles. The quantitative estimate of drug-likeness (QED) is 0.629. The summed E-state index contributed by atoms with van der Waals surface area (Å²) in [5.74, 6) is -1.53. The number of aliphatic hydroxyl groups is 1. The molecule has 0 bridgehead atoms. The molecule has 1 rings (SSSR count). The molecule has 0 unspecified atom stereocenters. The number of halogens is 3. The molecule has 2 N–H and O–H groups in total. The average Bonchev–Trinajstić information content (AvgIpc) is 2.03. The molecule has 5 heteroatoms. The Bertz CT molecular complexity index is 148. The lowest BCUT2D eigenvalue weighted by Crippen LogP contribution is -2.43. The molecule has 1 aliphatic rings. The molecule has 72 valence electrons. The first-order valence-corrected chi connectivity index (χ1v) is 3.92. The SMILES string of the molecule is OC[C@@H]1CNC[C@H](C(F)(F)F)C1. The van der Waals surface area contributed by atoms with Gasteiger partial charge in [-0.3, -0.25) is 0 Å². The van der Waals surface area contributed by atoms with Gasteiger partial charge in [-0.15, -0.1) is 0 Å². The molecule has 0 spiro atoms. The van der Waals surface area contributed by atoms with Crippen LogP contribution in [0, 0.1) is 11.8 Å². The van der Waals surface area contributed by atoms with Gasteiger partial charge in [-0.25, -0.2) is 0 Å². The summed E-state index contributed by atoms with van der Waals surface area (Å²) in [4.78, 5) is 0. The van der Waals surface area contributed by atoms with Crippen LogP contribution in [0.15, 0.2) is 0 Å². The summed E-state index contributed by atoms with van der Waals surface area (Å²) >= 11 is 0. The molecule has 2 atom stereocenters. The van der Waals surface area contributed by atoms with Gasteiger partial charge in [0.1, 0.15) is 0 Å². The van der Waals surface area contributed by atoms with Crippen molar-refractivity contribution in [2.75, 3.05) is 19.7 Å². The summed E-state index contributed by atoms with van der Waals surface area (Å²) < 4.78 is 36.4. The summed E-state index contributed by atoms with van der Waals surface area (Å²) in [7, 11) is 0. The highest BCUT2D eigenvalue weighted by molar-refractivity contribution is 4.80. The van der Waals surface area contributed by atoms with Crippen molar-refractivity contribution in [1.82, 2.24) is 5.32 Å². The van der Waals surface area contributed by atoms with Gasteiger partial charge in [-0.05, 0) is 12.3 Å². The highest BCUT2D eigenvalue weighted by Gasteiger charge is 2.41. The number of alkyl halides is 3. The van der Waals surface area contributed by atoms with Crippen molar-refractivity contribution < 1.29 is 18.3 Å². The van der Waals surface area contributed by atoms with E-state index in [0.717, 1.165) is 0 Å². The van der Waals surface area contributed by atoms with E-state index in [-0.39, 0.29) is 25.5 Å². The van der Waals surface area contributed by atoms with Gasteiger partial charge in [-0.1, -0.05) is 0 Å². The van der Waals surface area contributed by atoms with Gasteiger partial charge in [0.15, 0.2) is 0 Å². The van der Waals surface area contributed by atoms with Crippen LogP contribution < -0.4 is 5.32 Å². The Balaban J connectivity index is 2.46. The zero-order valence-corrected chi connectivity index (χ0v) is 6.56. The van der Waals surface area contributed by atoms with Crippen molar-refractivity contribution >= 4 is 0 Å². The fourth-order valence-electron chi connectivity index (χ4n) is 1.42. The first-order valence-electron chi connectivity index (χ1n) is 3.92. The highest BCUT2D eigenvalue weighted by atomic mass is 19.4. The summed E-state index contributed by atoms with van der Waals surface area (Å²) in [6.45, 7) is 0.308. The fourth-order valence-corrected chi connectivity index (χ4v) is 1.42. The number of rotatable bonds is 1. The first-order chi connectivity index (χ1) is 5.54. The Morgan fingerprint density at radius 2 is 2.00 bits per heavy atom. The van der Waals surface area contributed by atoms with Gasteiger partial charge >= 0.3 is 6.18 Å². The van der Waals surface area contributed by atoms with E-state index in [1.54, 1.807) is 0 Å². The van der Waals surface area contributed by atoms with Crippen LogP contribution in [0.2, 0.25) is 0 Å². The van der Waals surface area contributed by atoms with Crippen molar-refractivity contribution in [1.29, 1.82) is 0 Å². The van der Waals surface area contributed by atoms with Crippen molar-refractivity contribution in [3.8, 4) is 0 Å². The van der Waals surface area contributed by atoms with E-state index < -0.39 is 12.1 Å². The van der Waals surface area contributed by atoms with Gasteiger partial charge in [-0.2, -0.15) is 13.2 Å². The van der Waals surface area contributed by atoms with Gasteiger partial charge in [0.2, 0.25) is 0 Å². The van der Waals surface area contributed by atoms with E-state index in [2.05, 4.69) is 5.32 Å². The molecule has 0 aliphatic carbocycles. The lowest BCUT2D eigenvalue weighted by atomic mass is 9.91. The van der Waals surface area contributed by atoms with Crippen molar-refractivity contribution in [2.45, 2.75) is 12.6 Å². The number of nitrogens with one attached hydrogen (secondary N) is 1. The second-order valence-corrected chi connectivity index (χ2v) is 3.18. The molecule has 0 radical (unpaired) electrons. The van der Waals surface area contributed by atoms with Gasteiger partial charge in [0, 0.05) is 19.7 Å². The Morgan fingerprint density at radius 3 is 2.50 bits per heavy atom. The average molecular weight is 183 g/mol. The molecule has 1 fully saturated rings.